The number of rotatable bonds is 11. The van der Waals surface area contributed by atoms with Gasteiger partial charge >= 0.3 is 0 Å². The van der Waals surface area contributed by atoms with E-state index in [9.17, 15) is 9.90 Å². The van der Waals surface area contributed by atoms with Crippen molar-refractivity contribution in [3.05, 3.63) is 62.9 Å². The number of carbonyl (C=O) groups is 1. The third kappa shape index (κ3) is 6.79. The van der Waals surface area contributed by atoms with Gasteiger partial charge in [0.05, 0.1) is 25.8 Å². The molecule has 7 nitrogen and oxygen atoms in total. The van der Waals surface area contributed by atoms with Crippen molar-refractivity contribution in [2.24, 2.45) is 5.92 Å². The number of likely N-dealkylation sites (N-methyl/N-ethyl adjacent to an activating group) is 1. The van der Waals surface area contributed by atoms with Gasteiger partial charge in [-0.25, -0.2) is 5.32 Å². The van der Waals surface area contributed by atoms with Gasteiger partial charge in [-0.3, -0.25) is 4.79 Å². The van der Waals surface area contributed by atoms with Crippen LogP contribution in [0.15, 0.2) is 46.7 Å². The SMILES string of the molecule is COc1ccc(CC(C)CCC(=O)[N]CC2N(Cc3cc(Br)ccc3O)C=C(C)N2C)c(Cl)c1OC. The summed E-state index contributed by atoms with van der Waals surface area (Å²) in [6, 6.07) is 9.18. The Kier molecular flexibility index (Phi) is 9.79. The molecule has 0 aliphatic carbocycles. The minimum absolute atomic E-state index is 0.0877. The molecule has 0 aromatic heterocycles. The second kappa shape index (κ2) is 12.6. The first kappa shape index (κ1) is 28.0. The molecule has 0 bridgehead atoms. The molecule has 2 aromatic carbocycles. The van der Waals surface area contributed by atoms with Crippen LogP contribution in [-0.2, 0) is 17.8 Å². The Hall–Kier alpha value is -2.58. The van der Waals surface area contributed by atoms with Crippen LogP contribution in [0.2, 0.25) is 5.02 Å². The quantitative estimate of drug-likeness (QED) is 0.376. The summed E-state index contributed by atoms with van der Waals surface area (Å²) in [5, 5.41) is 15.2. The van der Waals surface area contributed by atoms with E-state index in [4.69, 9.17) is 21.1 Å². The lowest BCUT2D eigenvalue weighted by molar-refractivity contribution is -0.122. The zero-order valence-corrected chi connectivity index (χ0v) is 23.8. The van der Waals surface area contributed by atoms with Crippen molar-refractivity contribution in [3.8, 4) is 17.2 Å². The predicted octanol–water partition coefficient (Wildman–Crippen LogP) is 5.55. The van der Waals surface area contributed by atoms with Crippen molar-refractivity contribution in [1.82, 2.24) is 15.1 Å². The van der Waals surface area contributed by atoms with Gasteiger partial charge in [0.1, 0.15) is 11.9 Å². The summed E-state index contributed by atoms with van der Waals surface area (Å²) in [5.41, 5.74) is 2.85. The maximum atomic E-state index is 12.6. The van der Waals surface area contributed by atoms with Crippen molar-refractivity contribution in [2.45, 2.75) is 45.8 Å². The number of ether oxygens (including phenoxy) is 2. The molecule has 9 heteroatoms. The first-order valence-electron chi connectivity index (χ1n) is 11.9. The van der Waals surface area contributed by atoms with Gasteiger partial charge in [0.2, 0.25) is 5.91 Å². The van der Waals surface area contributed by atoms with Crippen molar-refractivity contribution < 1.29 is 19.4 Å². The van der Waals surface area contributed by atoms with Gasteiger partial charge in [-0.2, -0.15) is 0 Å². The summed E-state index contributed by atoms with van der Waals surface area (Å²) in [7, 11) is 5.14. The Morgan fingerprint density at radius 2 is 1.97 bits per heavy atom. The molecule has 1 radical (unpaired) electrons. The molecule has 2 unspecified atom stereocenters. The summed E-state index contributed by atoms with van der Waals surface area (Å²) in [5.74, 6) is 1.50. The van der Waals surface area contributed by atoms with Crippen LogP contribution in [-0.4, -0.2) is 54.8 Å². The Morgan fingerprint density at radius 3 is 2.67 bits per heavy atom. The molecule has 195 valence electrons. The van der Waals surface area contributed by atoms with Crippen molar-refractivity contribution >= 4 is 33.4 Å². The summed E-state index contributed by atoms with van der Waals surface area (Å²) in [4.78, 5) is 16.8. The highest BCUT2D eigenvalue weighted by atomic mass is 79.9. The van der Waals surface area contributed by atoms with E-state index in [1.54, 1.807) is 20.3 Å². The standard InChI is InChI=1S/C27H34BrClN3O4/c1-17(12-19-7-10-23(35-4)27(36-5)26(19)29)6-11-24(34)30-14-25-31(3)18(2)15-32(25)16-20-13-21(28)8-9-22(20)33/h7-10,13,15,17,25,33H,6,11-12,14,16H2,1-5H3. The van der Waals surface area contributed by atoms with E-state index in [-0.39, 0.29) is 23.7 Å². The largest absolute Gasteiger partial charge is 0.508 e. The van der Waals surface area contributed by atoms with Crippen LogP contribution >= 0.6 is 27.5 Å². The van der Waals surface area contributed by atoms with Crippen molar-refractivity contribution in [3.63, 3.8) is 0 Å². The molecule has 1 aliphatic heterocycles. The number of phenols is 1. The third-order valence-corrected chi connectivity index (χ3v) is 7.46. The fourth-order valence-electron chi connectivity index (χ4n) is 4.33. The molecule has 1 aliphatic rings. The zero-order valence-electron chi connectivity index (χ0n) is 21.4. The molecule has 1 amide bonds. The first-order chi connectivity index (χ1) is 17.1. The van der Waals surface area contributed by atoms with Gasteiger partial charge in [0.15, 0.2) is 11.5 Å². The average molecular weight is 580 g/mol. The topological polar surface area (TPSA) is 76.3 Å². The third-order valence-electron chi connectivity index (χ3n) is 6.55. The number of hydrogen-bond donors (Lipinski definition) is 1. The molecule has 1 N–H and O–H groups in total. The van der Waals surface area contributed by atoms with E-state index in [0.29, 0.717) is 42.5 Å². The smallest absolute Gasteiger partial charge is 0.241 e. The molecule has 2 aromatic rings. The van der Waals surface area contributed by atoms with Crippen LogP contribution in [0.25, 0.3) is 0 Å². The molecule has 0 saturated heterocycles. The highest BCUT2D eigenvalue weighted by Gasteiger charge is 2.29. The molecule has 2 atom stereocenters. The second-order valence-corrected chi connectivity index (χ2v) is 10.5. The molecular weight excluding hydrogens is 546 g/mol. The first-order valence-corrected chi connectivity index (χ1v) is 13.1. The fraction of sp³-hybridized carbons (Fsp3) is 0.444. The van der Waals surface area contributed by atoms with E-state index >= 15 is 0 Å². The number of halogens is 2. The van der Waals surface area contributed by atoms with Gasteiger partial charge in [-0.1, -0.05) is 40.5 Å². The zero-order chi connectivity index (χ0) is 26.4. The highest BCUT2D eigenvalue weighted by molar-refractivity contribution is 9.10. The van der Waals surface area contributed by atoms with Crippen molar-refractivity contribution in [2.75, 3.05) is 27.8 Å². The van der Waals surface area contributed by atoms with E-state index < -0.39 is 0 Å². The van der Waals surface area contributed by atoms with E-state index in [1.807, 2.05) is 44.4 Å². The number of nitrogens with zero attached hydrogens (tertiary/aromatic N) is 3. The molecule has 0 fully saturated rings. The number of carbonyl (C=O) groups excluding carboxylic acids is 1. The molecule has 36 heavy (non-hydrogen) atoms. The maximum absolute atomic E-state index is 12.6. The van der Waals surface area contributed by atoms with Gasteiger partial charge in [-0.15, -0.1) is 0 Å². The van der Waals surface area contributed by atoms with Gasteiger partial charge < -0.3 is 24.4 Å². The predicted molar refractivity (Wildman–Crippen MR) is 145 cm³/mol. The summed E-state index contributed by atoms with van der Waals surface area (Å²) < 4.78 is 11.6. The van der Waals surface area contributed by atoms with Gasteiger partial charge in [0, 0.05) is 41.9 Å². The molecular formula is C27H34BrClN3O4. The summed E-state index contributed by atoms with van der Waals surface area (Å²) in [6.07, 6.45) is 3.77. The number of benzene rings is 2. The number of hydrogen-bond acceptors (Lipinski definition) is 6. The summed E-state index contributed by atoms with van der Waals surface area (Å²) >= 11 is 9.98. The van der Waals surface area contributed by atoms with E-state index in [0.717, 1.165) is 27.7 Å². The van der Waals surface area contributed by atoms with Crippen LogP contribution in [0.3, 0.4) is 0 Å². The highest BCUT2D eigenvalue weighted by Crippen LogP contribution is 2.38. The Bertz CT molecular complexity index is 1110. The van der Waals surface area contributed by atoms with Gasteiger partial charge in [-0.05, 0) is 55.5 Å². The Labute approximate surface area is 227 Å². The number of amides is 1. The average Bonchev–Trinajstić information content (AvgIpc) is 3.11. The molecule has 0 saturated carbocycles. The number of allylic oxidation sites excluding steroid dienone is 1. The van der Waals surface area contributed by atoms with E-state index in [1.165, 1.54) is 0 Å². The monoisotopic (exact) mass is 578 g/mol. The normalized spacial score (nSPS) is 16.1. The lowest BCUT2D eigenvalue weighted by Crippen LogP contribution is -2.43. The summed E-state index contributed by atoms with van der Waals surface area (Å²) in [6.45, 7) is 5.00. The molecule has 3 rings (SSSR count). The molecule has 0 spiro atoms. The number of phenolic OH excluding ortho intramolecular Hbond substituents is 1. The number of methoxy groups -OCH3 is 2. The molecule has 1 heterocycles. The second-order valence-electron chi connectivity index (χ2n) is 9.16. The van der Waals surface area contributed by atoms with E-state index in [2.05, 4.69) is 38.0 Å². The van der Waals surface area contributed by atoms with Crippen molar-refractivity contribution in [1.29, 1.82) is 0 Å². The minimum Gasteiger partial charge on any atom is -0.508 e. The maximum Gasteiger partial charge on any atom is 0.241 e. The van der Waals surface area contributed by atoms with Crippen LogP contribution < -0.4 is 14.8 Å². The van der Waals surface area contributed by atoms with Crippen LogP contribution in [0.4, 0.5) is 0 Å². The lowest BCUT2D eigenvalue weighted by Gasteiger charge is -2.31. The Balaban J connectivity index is 1.52. The van der Waals surface area contributed by atoms with Crippen LogP contribution in [0, 0.1) is 5.92 Å². The fourth-order valence-corrected chi connectivity index (χ4v) is 5.05. The van der Waals surface area contributed by atoms with Crippen LogP contribution in [0.5, 0.6) is 17.2 Å². The minimum atomic E-state index is -0.108. The lowest BCUT2D eigenvalue weighted by atomic mass is 9.96. The van der Waals surface area contributed by atoms with Crippen LogP contribution in [0.1, 0.15) is 37.8 Å². The Morgan fingerprint density at radius 1 is 1.22 bits per heavy atom. The number of aromatic hydroxyl groups is 1. The van der Waals surface area contributed by atoms with Gasteiger partial charge in [0.25, 0.3) is 0 Å².